The van der Waals surface area contributed by atoms with E-state index in [0.717, 1.165) is 12.8 Å². The van der Waals surface area contributed by atoms with E-state index in [2.05, 4.69) is 5.32 Å². The summed E-state index contributed by atoms with van der Waals surface area (Å²) in [6, 6.07) is -0.900. The van der Waals surface area contributed by atoms with Crippen LogP contribution in [-0.4, -0.2) is 89.7 Å². The summed E-state index contributed by atoms with van der Waals surface area (Å²) < 4.78 is 0. The minimum absolute atomic E-state index is 0.0197. The summed E-state index contributed by atoms with van der Waals surface area (Å²) in [7, 11) is 0. The largest absolute Gasteiger partial charge is 0.368 e. The molecular weight excluding hydrogens is 326 g/mol. The molecule has 0 aromatic rings. The third-order valence-corrected chi connectivity index (χ3v) is 4.70. The molecule has 2 unspecified atom stereocenters. The summed E-state index contributed by atoms with van der Waals surface area (Å²) in [6.45, 7) is 5.22. The predicted octanol–water partition coefficient (Wildman–Crippen LogP) is -1.87. The Morgan fingerprint density at radius 2 is 1.80 bits per heavy atom. The Morgan fingerprint density at radius 1 is 1.12 bits per heavy atom. The topological polar surface area (TPSA) is 116 Å². The molecule has 0 radical (unpaired) electrons. The normalized spacial score (nSPS) is 24.6. The molecule has 0 saturated carbocycles. The van der Waals surface area contributed by atoms with Gasteiger partial charge in [-0.1, -0.05) is 13.3 Å². The molecule has 0 bridgehead atoms. The number of piperazine rings is 2. The number of carbonyl (C=O) groups excluding carboxylic acids is 4. The summed E-state index contributed by atoms with van der Waals surface area (Å²) in [5.41, 5.74) is 5.14. The number of nitrogens with zero attached hydrogens (tertiary/aromatic N) is 3. The number of hydrogen-bond acceptors (Lipinski definition) is 5. The average Bonchev–Trinajstić information content (AvgIpc) is 2.55. The lowest BCUT2D eigenvalue weighted by Crippen LogP contribution is -2.62. The molecular formula is C16H27N5O4. The molecule has 25 heavy (non-hydrogen) atoms. The molecule has 9 heteroatoms. The van der Waals surface area contributed by atoms with Crippen LogP contribution >= 0.6 is 0 Å². The van der Waals surface area contributed by atoms with Crippen molar-refractivity contribution in [1.82, 2.24) is 20.0 Å². The highest BCUT2D eigenvalue weighted by atomic mass is 16.2. The first-order valence-corrected chi connectivity index (χ1v) is 8.73. The first kappa shape index (κ1) is 19.2. The van der Waals surface area contributed by atoms with Crippen molar-refractivity contribution in [3.8, 4) is 0 Å². The van der Waals surface area contributed by atoms with E-state index in [1.54, 1.807) is 11.8 Å². The van der Waals surface area contributed by atoms with Crippen LogP contribution in [0.1, 0.15) is 26.7 Å². The third kappa shape index (κ3) is 4.47. The van der Waals surface area contributed by atoms with Gasteiger partial charge in [-0.15, -0.1) is 0 Å². The molecule has 0 aromatic carbocycles. The third-order valence-electron chi connectivity index (χ3n) is 4.70. The van der Waals surface area contributed by atoms with Gasteiger partial charge >= 0.3 is 0 Å². The molecule has 2 atom stereocenters. The van der Waals surface area contributed by atoms with Gasteiger partial charge in [-0.3, -0.25) is 19.2 Å². The van der Waals surface area contributed by atoms with Crippen molar-refractivity contribution < 1.29 is 19.2 Å². The van der Waals surface area contributed by atoms with Crippen LogP contribution in [0.15, 0.2) is 0 Å². The minimum atomic E-state index is -0.662. The van der Waals surface area contributed by atoms with Gasteiger partial charge in [0.1, 0.15) is 6.04 Å². The van der Waals surface area contributed by atoms with Crippen LogP contribution in [0, 0.1) is 0 Å². The van der Waals surface area contributed by atoms with Gasteiger partial charge in [0.25, 0.3) is 0 Å². The van der Waals surface area contributed by atoms with E-state index in [9.17, 15) is 19.2 Å². The maximum atomic E-state index is 12.6. The van der Waals surface area contributed by atoms with E-state index in [1.165, 1.54) is 9.80 Å². The lowest BCUT2D eigenvalue weighted by atomic mass is 10.1. The smallest absolute Gasteiger partial charge is 0.245 e. The number of carbonyl (C=O) groups is 4. The number of primary amides is 1. The van der Waals surface area contributed by atoms with Crippen LogP contribution in [0.4, 0.5) is 0 Å². The zero-order valence-corrected chi connectivity index (χ0v) is 14.9. The number of nitrogens with two attached hydrogens (primary N) is 1. The lowest BCUT2D eigenvalue weighted by Gasteiger charge is -2.40. The average molecular weight is 353 g/mol. The SMILES string of the molecule is CCCC1NCCN(CC(=O)N2CCN(CC(N)=O)C(=O)C2C)C1=O. The summed E-state index contributed by atoms with van der Waals surface area (Å²) in [5, 5.41) is 3.17. The Labute approximate surface area is 147 Å². The Kier molecular flexibility index (Phi) is 6.35. The lowest BCUT2D eigenvalue weighted by molar-refractivity contribution is -0.154. The van der Waals surface area contributed by atoms with Crippen molar-refractivity contribution in [1.29, 1.82) is 0 Å². The maximum Gasteiger partial charge on any atom is 0.245 e. The first-order chi connectivity index (χ1) is 11.8. The van der Waals surface area contributed by atoms with Crippen LogP contribution in [-0.2, 0) is 19.2 Å². The van der Waals surface area contributed by atoms with E-state index in [-0.39, 0.29) is 43.4 Å². The Hall–Kier alpha value is -2.16. The van der Waals surface area contributed by atoms with Crippen molar-refractivity contribution in [3.05, 3.63) is 0 Å². The number of amides is 4. The number of rotatable bonds is 6. The van der Waals surface area contributed by atoms with Crippen LogP contribution in [0.5, 0.6) is 0 Å². The first-order valence-electron chi connectivity index (χ1n) is 8.73. The molecule has 2 fully saturated rings. The highest BCUT2D eigenvalue weighted by Gasteiger charge is 2.36. The van der Waals surface area contributed by atoms with Gasteiger partial charge in [0, 0.05) is 26.2 Å². The van der Waals surface area contributed by atoms with Gasteiger partial charge in [0.05, 0.1) is 19.1 Å². The Balaban J connectivity index is 1.95. The Morgan fingerprint density at radius 3 is 2.44 bits per heavy atom. The predicted molar refractivity (Wildman–Crippen MR) is 90.2 cm³/mol. The van der Waals surface area contributed by atoms with Gasteiger partial charge in [0.15, 0.2) is 0 Å². The van der Waals surface area contributed by atoms with E-state index in [0.29, 0.717) is 19.6 Å². The van der Waals surface area contributed by atoms with Gasteiger partial charge in [-0.05, 0) is 13.3 Å². The molecule has 2 saturated heterocycles. The second-order valence-electron chi connectivity index (χ2n) is 6.54. The van der Waals surface area contributed by atoms with Crippen LogP contribution in [0.2, 0.25) is 0 Å². The van der Waals surface area contributed by atoms with Crippen molar-refractivity contribution in [2.45, 2.75) is 38.8 Å². The van der Waals surface area contributed by atoms with Crippen molar-refractivity contribution >= 4 is 23.6 Å². The highest BCUT2D eigenvalue weighted by Crippen LogP contribution is 2.13. The van der Waals surface area contributed by atoms with Crippen LogP contribution in [0.3, 0.4) is 0 Å². The molecule has 2 rings (SSSR count). The summed E-state index contributed by atoms with van der Waals surface area (Å²) in [4.78, 5) is 52.8. The zero-order valence-electron chi connectivity index (χ0n) is 14.9. The zero-order chi connectivity index (χ0) is 18.6. The number of nitrogens with one attached hydrogen (secondary N) is 1. The monoisotopic (exact) mass is 353 g/mol. The molecule has 140 valence electrons. The van der Waals surface area contributed by atoms with Crippen molar-refractivity contribution in [3.63, 3.8) is 0 Å². The van der Waals surface area contributed by atoms with E-state index < -0.39 is 11.9 Å². The summed E-state index contributed by atoms with van der Waals surface area (Å²) in [6.07, 6.45) is 1.63. The molecule has 2 aliphatic heterocycles. The van der Waals surface area contributed by atoms with Gasteiger partial charge < -0.3 is 25.8 Å². The fourth-order valence-corrected chi connectivity index (χ4v) is 3.33. The molecule has 0 spiro atoms. The van der Waals surface area contributed by atoms with E-state index >= 15 is 0 Å². The van der Waals surface area contributed by atoms with E-state index in [1.807, 2.05) is 6.92 Å². The molecule has 2 heterocycles. The minimum Gasteiger partial charge on any atom is -0.368 e. The van der Waals surface area contributed by atoms with Crippen molar-refractivity contribution in [2.75, 3.05) is 39.3 Å². The number of hydrogen-bond donors (Lipinski definition) is 2. The molecule has 3 N–H and O–H groups in total. The van der Waals surface area contributed by atoms with Gasteiger partial charge in [-0.2, -0.15) is 0 Å². The van der Waals surface area contributed by atoms with Crippen LogP contribution < -0.4 is 11.1 Å². The quantitative estimate of drug-likeness (QED) is 0.580. The van der Waals surface area contributed by atoms with Gasteiger partial charge in [-0.25, -0.2) is 0 Å². The molecule has 4 amide bonds. The fraction of sp³-hybridized carbons (Fsp3) is 0.750. The van der Waals surface area contributed by atoms with Crippen LogP contribution in [0.25, 0.3) is 0 Å². The summed E-state index contributed by atoms with van der Waals surface area (Å²) >= 11 is 0. The van der Waals surface area contributed by atoms with Gasteiger partial charge in [0.2, 0.25) is 23.6 Å². The molecule has 9 nitrogen and oxygen atoms in total. The summed E-state index contributed by atoms with van der Waals surface area (Å²) in [5.74, 6) is -1.18. The molecule has 0 aliphatic carbocycles. The second-order valence-corrected chi connectivity index (χ2v) is 6.54. The Bertz CT molecular complexity index is 551. The fourth-order valence-electron chi connectivity index (χ4n) is 3.33. The van der Waals surface area contributed by atoms with E-state index in [4.69, 9.17) is 5.73 Å². The standard InChI is InChI=1S/C16H27N5O4/c1-3-4-12-16(25)19(6-5-18-12)10-14(23)21-8-7-20(9-13(17)22)15(24)11(21)2/h11-12,18H,3-10H2,1-2H3,(H2,17,22). The van der Waals surface area contributed by atoms with Crippen molar-refractivity contribution in [2.24, 2.45) is 5.73 Å². The maximum absolute atomic E-state index is 12.6. The molecule has 2 aliphatic rings. The highest BCUT2D eigenvalue weighted by molar-refractivity contribution is 5.93. The molecule has 0 aromatic heterocycles. The second kappa shape index (κ2) is 8.28.